The van der Waals surface area contributed by atoms with Crippen LogP contribution >= 0.6 is 0 Å². The van der Waals surface area contributed by atoms with Crippen LogP contribution in [0.4, 0.5) is 0 Å². The molecule has 1 N–H and O–H groups in total. The van der Waals surface area contributed by atoms with E-state index in [-0.39, 0.29) is 23.5 Å². The van der Waals surface area contributed by atoms with Crippen molar-refractivity contribution in [1.29, 1.82) is 0 Å². The van der Waals surface area contributed by atoms with Gasteiger partial charge in [0, 0.05) is 18.7 Å². The fourth-order valence-corrected chi connectivity index (χ4v) is 4.20. The van der Waals surface area contributed by atoms with E-state index in [9.17, 15) is 13.2 Å². The second-order valence-electron chi connectivity index (χ2n) is 6.23. The number of benzene rings is 1. The molecule has 0 spiro atoms. The van der Waals surface area contributed by atoms with Crippen LogP contribution in [0.2, 0.25) is 0 Å². The van der Waals surface area contributed by atoms with Gasteiger partial charge in [-0.2, -0.15) is 5.10 Å². The molecule has 0 atom stereocenters. The van der Waals surface area contributed by atoms with Crippen molar-refractivity contribution in [3.8, 4) is 11.5 Å². The zero-order valence-corrected chi connectivity index (χ0v) is 14.9. The van der Waals surface area contributed by atoms with Crippen molar-refractivity contribution in [2.45, 2.75) is 30.7 Å². The SMILES string of the molecule is O=c1cc2c(nn1CCNS(=O)(=O)c1ccc3c(c1)OCCO3)CCC2. The summed E-state index contributed by atoms with van der Waals surface area (Å²) in [5.41, 5.74) is 1.73. The third kappa shape index (κ3) is 3.32. The summed E-state index contributed by atoms with van der Waals surface area (Å²) < 4.78 is 39.6. The standard InChI is InChI=1S/C17H19N3O5S/c21-17-10-12-2-1-3-14(12)19-20(17)7-6-18-26(22,23)13-4-5-15-16(11-13)25-9-8-24-15/h4-5,10-11,18H,1-3,6-9H2. The van der Waals surface area contributed by atoms with E-state index in [1.807, 2.05) is 0 Å². The van der Waals surface area contributed by atoms with E-state index < -0.39 is 10.0 Å². The van der Waals surface area contributed by atoms with Crippen LogP contribution < -0.4 is 19.8 Å². The van der Waals surface area contributed by atoms with Crippen molar-refractivity contribution in [1.82, 2.24) is 14.5 Å². The molecule has 26 heavy (non-hydrogen) atoms. The molecule has 9 heteroatoms. The highest BCUT2D eigenvalue weighted by Gasteiger charge is 2.19. The first-order valence-corrected chi connectivity index (χ1v) is 10.0. The Hall–Kier alpha value is -2.39. The second kappa shape index (κ2) is 6.73. The number of sulfonamides is 1. The average molecular weight is 377 g/mol. The molecule has 1 aromatic carbocycles. The van der Waals surface area contributed by atoms with Crippen LogP contribution in [0.15, 0.2) is 34.0 Å². The minimum absolute atomic E-state index is 0.0719. The van der Waals surface area contributed by atoms with Crippen molar-refractivity contribution in [3.63, 3.8) is 0 Å². The van der Waals surface area contributed by atoms with Crippen LogP contribution in [-0.4, -0.2) is 38.0 Å². The van der Waals surface area contributed by atoms with Crippen LogP contribution in [0, 0.1) is 0 Å². The second-order valence-corrected chi connectivity index (χ2v) is 8.00. The van der Waals surface area contributed by atoms with Crippen LogP contribution in [0.3, 0.4) is 0 Å². The van der Waals surface area contributed by atoms with Gasteiger partial charge in [-0.15, -0.1) is 0 Å². The minimum Gasteiger partial charge on any atom is -0.486 e. The summed E-state index contributed by atoms with van der Waals surface area (Å²) >= 11 is 0. The molecule has 1 aliphatic heterocycles. The summed E-state index contributed by atoms with van der Waals surface area (Å²) in [4.78, 5) is 12.2. The summed E-state index contributed by atoms with van der Waals surface area (Å²) in [5, 5.41) is 4.34. The zero-order chi connectivity index (χ0) is 18.1. The number of hydrogen-bond acceptors (Lipinski definition) is 6. The monoisotopic (exact) mass is 377 g/mol. The Balaban J connectivity index is 1.45. The topological polar surface area (TPSA) is 99.5 Å². The molecule has 2 heterocycles. The smallest absolute Gasteiger partial charge is 0.267 e. The number of aryl methyl sites for hydroxylation is 2. The fraction of sp³-hybridized carbons (Fsp3) is 0.412. The van der Waals surface area contributed by atoms with E-state index in [1.54, 1.807) is 12.1 Å². The molecule has 0 radical (unpaired) electrons. The quantitative estimate of drug-likeness (QED) is 0.814. The number of rotatable bonds is 5. The van der Waals surface area contributed by atoms with Crippen molar-refractivity contribution in [3.05, 3.63) is 45.9 Å². The Bertz CT molecular complexity index is 1000. The molecule has 0 bridgehead atoms. The Labute approximate surface area is 150 Å². The molecule has 138 valence electrons. The van der Waals surface area contributed by atoms with E-state index in [0.717, 1.165) is 30.5 Å². The lowest BCUT2D eigenvalue weighted by molar-refractivity contribution is 0.171. The number of nitrogens with zero attached hydrogens (tertiary/aromatic N) is 2. The normalized spacial score (nSPS) is 15.7. The van der Waals surface area contributed by atoms with E-state index in [4.69, 9.17) is 9.47 Å². The highest BCUT2D eigenvalue weighted by Crippen LogP contribution is 2.32. The van der Waals surface area contributed by atoms with Gasteiger partial charge in [0.1, 0.15) is 13.2 Å². The van der Waals surface area contributed by atoms with Gasteiger partial charge in [0.2, 0.25) is 10.0 Å². The van der Waals surface area contributed by atoms with Crippen LogP contribution in [-0.2, 0) is 29.4 Å². The Morgan fingerprint density at radius 3 is 2.77 bits per heavy atom. The van der Waals surface area contributed by atoms with E-state index >= 15 is 0 Å². The molecule has 0 saturated heterocycles. The van der Waals surface area contributed by atoms with E-state index in [2.05, 4.69) is 9.82 Å². The van der Waals surface area contributed by atoms with Gasteiger partial charge < -0.3 is 9.47 Å². The molecular weight excluding hydrogens is 358 g/mol. The van der Waals surface area contributed by atoms with Gasteiger partial charge in [0.25, 0.3) is 5.56 Å². The first-order chi connectivity index (χ1) is 12.5. The fourth-order valence-electron chi connectivity index (χ4n) is 3.16. The molecule has 1 aromatic heterocycles. The summed E-state index contributed by atoms with van der Waals surface area (Å²) in [6.45, 7) is 1.08. The minimum atomic E-state index is -3.72. The highest BCUT2D eigenvalue weighted by molar-refractivity contribution is 7.89. The van der Waals surface area contributed by atoms with Gasteiger partial charge in [-0.3, -0.25) is 4.79 Å². The Morgan fingerprint density at radius 2 is 1.92 bits per heavy atom. The average Bonchev–Trinajstić information content (AvgIpc) is 3.08. The lowest BCUT2D eigenvalue weighted by Crippen LogP contribution is -2.32. The maximum atomic E-state index is 12.5. The molecule has 2 aliphatic rings. The predicted octanol–water partition coefficient (Wildman–Crippen LogP) is 0.482. The van der Waals surface area contributed by atoms with E-state index in [0.29, 0.717) is 24.7 Å². The van der Waals surface area contributed by atoms with Crippen molar-refractivity contribution >= 4 is 10.0 Å². The van der Waals surface area contributed by atoms with Gasteiger partial charge >= 0.3 is 0 Å². The summed E-state index contributed by atoms with van der Waals surface area (Å²) in [5.74, 6) is 0.944. The van der Waals surface area contributed by atoms with Crippen LogP contribution in [0.1, 0.15) is 17.7 Å². The first-order valence-electron chi connectivity index (χ1n) is 8.52. The zero-order valence-electron chi connectivity index (χ0n) is 14.1. The first kappa shape index (κ1) is 17.0. The summed E-state index contributed by atoms with van der Waals surface area (Å²) in [6.07, 6.45) is 2.75. The maximum Gasteiger partial charge on any atom is 0.267 e. The lowest BCUT2D eigenvalue weighted by atomic mass is 10.2. The molecule has 8 nitrogen and oxygen atoms in total. The van der Waals surface area contributed by atoms with Gasteiger partial charge in [0.15, 0.2) is 11.5 Å². The largest absolute Gasteiger partial charge is 0.486 e. The van der Waals surface area contributed by atoms with E-state index in [1.165, 1.54) is 16.8 Å². The lowest BCUT2D eigenvalue weighted by Gasteiger charge is -2.19. The van der Waals surface area contributed by atoms with Crippen LogP contribution in [0.25, 0.3) is 0 Å². The summed E-state index contributed by atoms with van der Waals surface area (Å²) in [6, 6.07) is 6.09. The van der Waals surface area contributed by atoms with Crippen molar-refractivity contribution in [2.75, 3.05) is 19.8 Å². The van der Waals surface area contributed by atoms with Gasteiger partial charge in [-0.05, 0) is 37.0 Å². The van der Waals surface area contributed by atoms with Crippen molar-refractivity contribution < 1.29 is 17.9 Å². The molecule has 1 aliphatic carbocycles. The van der Waals surface area contributed by atoms with Gasteiger partial charge in [0.05, 0.1) is 17.1 Å². The molecular formula is C17H19N3O5S. The number of nitrogens with one attached hydrogen (secondary N) is 1. The molecule has 0 saturated carbocycles. The number of ether oxygens (including phenoxy) is 2. The molecule has 4 rings (SSSR count). The third-order valence-electron chi connectivity index (χ3n) is 4.46. The maximum absolute atomic E-state index is 12.5. The van der Waals surface area contributed by atoms with Crippen molar-refractivity contribution in [2.24, 2.45) is 0 Å². The Morgan fingerprint density at radius 1 is 1.12 bits per heavy atom. The highest BCUT2D eigenvalue weighted by atomic mass is 32.2. The van der Waals surface area contributed by atoms with Gasteiger partial charge in [-0.25, -0.2) is 17.8 Å². The third-order valence-corrected chi connectivity index (χ3v) is 5.92. The molecule has 0 fully saturated rings. The predicted molar refractivity (Wildman–Crippen MR) is 93.1 cm³/mol. The number of hydrogen-bond donors (Lipinski definition) is 1. The number of fused-ring (bicyclic) bond motifs is 2. The summed E-state index contributed by atoms with van der Waals surface area (Å²) in [7, 11) is -3.72. The molecule has 2 aromatic rings. The Kier molecular flexibility index (Phi) is 4.41. The molecule has 0 unspecified atom stereocenters. The number of aromatic nitrogens is 2. The van der Waals surface area contributed by atoms with Gasteiger partial charge in [-0.1, -0.05) is 0 Å². The van der Waals surface area contributed by atoms with Crippen LogP contribution in [0.5, 0.6) is 11.5 Å². The molecule has 0 amide bonds.